The monoisotopic (exact) mass is 871 g/mol. The van der Waals surface area contributed by atoms with Gasteiger partial charge in [-0.05, 0) is 51.4 Å². The van der Waals surface area contributed by atoms with Crippen LogP contribution >= 0.6 is 0 Å². The fourth-order valence-corrected chi connectivity index (χ4v) is 8.12. The Bertz CT molecular complexity index is 986. The molecule has 0 fully saturated rings. The molecular formula is C57H106O5. The van der Waals surface area contributed by atoms with Gasteiger partial charge in [-0.25, -0.2) is 0 Å². The van der Waals surface area contributed by atoms with Crippen molar-refractivity contribution in [3.8, 4) is 0 Å². The maximum atomic E-state index is 12.8. The lowest BCUT2D eigenvalue weighted by Crippen LogP contribution is -2.30. The van der Waals surface area contributed by atoms with Crippen LogP contribution in [0.5, 0.6) is 0 Å². The second kappa shape index (κ2) is 53.5. The molecule has 0 aliphatic carbocycles. The third kappa shape index (κ3) is 50.8. The number of rotatable bonds is 51. The second-order valence-corrected chi connectivity index (χ2v) is 18.5. The van der Waals surface area contributed by atoms with Crippen LogP contribution in [-0.4, -0.2) is 37.9 Å². The number of esters is 2. The first kappa shape index (κ1) is 60.1. The van der Waals surface area contributed by atoms with Crippen LogP contribution in [0.3, 0.4) is 0 Å². The summed E-state index contributed by atoms with van der Waals surface area (Å²) in [6.45, 7) is 7.76. The summed E-state index contributed by atoms with van der Waals surface area (Å²) in [6, 6.07) is 0. The highest BCUT2D eigenvalue weighted by molar-refractivity contribution is 5.70. The highest BCUT2D eigenvalue weighted by Gasteiger charge is 2.17. The Kier molecular flexibility index (Phi) is 51.8. The standard InChI is InChI=1S/C57H106O5/c1-4-7-10-13-16-19-22-25-28-31-34-37-40-43-46-49-52-60-53-55(62-57(59)51-48-45-42-39-36-33-30-27-24-21-18-15-12-9-6-3)54-61-56(58)50-47-44-41-38-35-32-29-26-23-20-17-14-11-8-5-2/h8,11,17,20,26,29,55H,4-7,9-10,12-16,18-19,21-25,27-28,30-54H2,1-3H3/b11-8-,20-17-,29-26-/t55-/m1/s1. The SMILES string of the molecule is CC/C=C\C/C=C\C/C=C\CCCCCCCC(=O)OC[C@@H](COCCCCCCCCCCCCCCCCCC)OC(=O)CCCCCCCCCCCCCCCCC. The minimum absolute atomic E-state index is 0.0827. The minimum Gasteiger partial charge on any atom is -0.462 e. The van der Waals surface area contributed by atoms with Crippen molar-refractivity contribution in [2.45, 2.75) is 297 Å². The maximum absolute atomic E-state index is 12.8. The molecule has 5 nitrogen and oxygen atoms in total. The first-order valence-corrected chi connectivity index (χ1v) is 27.5. The molecule has 0 bridgehead atoms. The van der Waals surface area contributed by atoms with E-state index >= 15 is 0 Å². The van der Waals surface area contributed by atoms with E-state index < -0.39 is 6.10 Å². The second-order valence-electron chi connectivity index (χ2n) is 18.5. The molecule has 0 aromatic carbocycles. The Balaban J connectivity index is 4.25. The van der Waals surface area contributed by atoms with Crippen molar-refractivity contribution in [2.75, 3.05) is 19.8 Å². The van der Waals surface area contributed by atoms with Gasteiger partial charge in [-0.2, -0.15) is 0 Å². The first-order chi connectivity index (χ1) is 30.6. The smallest absolute Gasteiger partial charge is 0.306 e. The molecule has 0 aromatic rings. The lowest BCUT2D eigenvalue weighted by molar-refractivity contribution is -0.163. The third-order valence-corrected chi connectivity index (χ3v) is 12.2. The normalized spacial score (nSPS) is 12.4. The van der Waals surface area contributed by atoms with Crippen LogP contribution in [0.1, 0.15) is 290 Å². The molecule has 364 valence electrons. The van der Waals surface area contributed by atoms with Gasteiger partial charge in [-0.3, -0.25) is 9.59 Å². The molecule has 1 atom stereocenters. The molecule has 0 saturated carbocycles. The van der Waals surface area contributed by atoms with E-state index in [2.05, 4.69) is 57.2 Å². The van der Waals surface area contributed by atoms with Crippen molar-refractivity contribution >= 4 is 11.9 Å². The van der Waals surface area contributed by atoms with E-state index in [-0.39, 0.29) is 25.2 Å². The van der Waals surface area contributed by atoms with Crippen molar-refractivity contribution in [3.63, 3.8) is 0 Å². The lowest BCUT2D eigenvalue weighted by atomic mass is 10.0. The minimum atomic E-state index is -0.537. The molecule has 0 N–H and O–H groups in total. The molecule has 0 aliphatic heterocycles. The fourth-order valence-electron chi connectivity index (χ4n) is 8.12. The van der Waals surface area contributed by atoms with Crippen molar-refractivity contribution in [1.82, 2.24) is 0 Å². The van der Waals surface area contributed by atoms with Crippen LogP contribution in [-0.2, 0) is 23.8 Å². The van der Waals surface area contributed by atoms with Gasteiger partial charge in [-0.1, -0.05) is 263 Å². The van der Waals surface area contributed by atoms with Crippen LogP contribution in [0.2, 0.25) is 0 Å². The Morgan fingerprint density at radius 3 is 1.16 bits per heavy atom. The summed E-state index contributed by atoms with van der Waals surface area (Å²) >= 11 is 0. The third-order valence-electron chi connectivity index (χ3n) is 12.2. The van der Waals surface area contributed by atoms with Gasteiger partial charge in [0.1, 0.15) is 6.61 Å². The molecule has 0 aromatic heterocycles. The van der Waals surface area contributed by atoms with Gasteiger partial charge in [0.15, 0.2) is 6.10 Å². The average Bonchev–Trinajstić information content (AvgIpc) is 3.27. The predicted molar refractivity (Wildman–Crippen MR) is 270 cm³/mol. The Hall–Kier alpha value is -1.88. The molecule has 0 unspecified atom stereocenters. The largest absolute Gasteiger partial charge is 0.462 e. The Labute approximate surface area is 387 Å². The van der Waals surface area contributed by atoms with Crippen LogP contribution in [0.15, 0.2) is 36.5 Å². The lowest BCUT2D eigenvalue weighted by Gasteiger charge is -2.18. The maximum Gasteiger partial charge on any atom is 0.306 e. The van der Waals surface area contributed by atoms with Crippen LogP contribution < -0.4 is 0 Å². The summed E-state index contributed by atoms with van der Waals surface area (Å²) in [6.07, 6.45) is 64.4. The van der Waals surface area contributed by atoms with E-state index in [9.17, 15) is 9.59 Å². The molecule has 62 heavy (non-hydrogen) atoms. The molecule has 0 amide bonds. The van der Waals surface area contributed by atoms with Gasteiger partial charge < -0.3 is 14.2 Å². The van der Waals surface area contributed by atoms with Crippen LogP contribution in [0.4, 0.5) is 0 Å². The molecule has 0 spiro atoms. The Morgan fingerprint density at radius 2 is 0.726 bits per heavy atom. The number of hydrogen-bond donors (Lipinski definition) is 0. The van der Waals surface area contributed by atoms with Crippen molar-refractivity contribution in [3.05, 3.63) is 36.5 Å². The zero-order valence-electron chi connectivity index (χ0n) is 41.9. The number of allylic oxidation sites excluding steroid dienone is 6. The zero-order chi connectivity index (χ0) is 44.9. The van der Waals surface area contributed by atoms with Gasteiger partial charge >= 0.3 is 11.9 Å². The number of ether oxygens (including phenoxy) is 3. The highest BCUT2D eigenvalue weighted by atomic mass is 16.6. The zero-order valence-corrected chi connectivity index (χ0v) is 41.9. The van der Waals surface area contributed by atoms with Gasteiger partial charge in [0.05, 0.1) is 6.61 Å². The van der Waals surface area contributed by atoms with Crippen molar-refractivity contribution in [2.24, 2.45) is 0 Å². The fraction of sp³-hybridized carbons (Fsp3) is 0.860. The van der Waals surface area contributed by atoms with E-state index in [1.165, 1.54) is 193 Å². The number of carbonyl (C=O) groups is 2. The van der Waals surface area contributed by atoms with Gasteiger partial charge in [0.25, 0.3) is 0 Å². The predicted octanol–water partition coefficient (Wildman–Crippen LogP) is 18.6. The highest BCUT2D eigenvalue weighted by Crippen LogP contribution is 2.16. The van der Waals surface area contributed by atoms with E-state index in [0.717, 1.165) is 64.2 Å². The quantitative estimate of drug-likeness (QED) is 0.0346. The van der Waals surface area contributed by atoms with Gasteiger partial charge in [-0.15, -0.1) is 0 Å². The van der Waals surface area contributed by atoms with E-state index in [1.54, 1.807) is 0 Å². The van der Waals surface area contributed by atoms with E-state index in [0.29, 0.717) is 19.4 Å². The number of unbranched alkanes of at least 4 members (excludes halogenated alkanes) is 34. The first-order valence-electron chi connectivity index (χ1n) is 27.5. The topological polar surface area (TPSA) is 61.8 Å². The van der Waals surface area contributed by atoms with Crippen molar-refractivity contribution < 1.29 is 23.8 Å². The summed E-state index contributed by atoms with van der Waals surface area (Å²) < 4.78 is 17.5. The molecule has 0 aliphatic rings. The summed E-state index contributed by atoms with van der Waals surface area (Å²) in [7, 11) is 0. The molecule has 5 heteroatoms. The molecular weight excluding hydrogens is 765 g/mol. The van der Waals surface area contributed by atoms with E-state index in [4.69, 9.17) is 14.2 Å². The van der Waals surface area contributed by atoms with Gasteiger partial charge in [0.2, 0.25) is 0 Å². The summed E-state index contributed by atoms with van der Waals surface area (Å²) in [5, 5.41) is 0. The Morgan fingerprint density at radius 1 is 0.371 bits per heavy atom. The molecule has 0 heterocycles. The van der Waals surface area contributed by atoms with Crippen molar-refractivity contribution in [1.29, 1.82) is 0 Å². The number of carbonyl (C=O) groups excluding carboxylic acids is 2. The van der Waals surface area contributed by atoms with Gasteiger partial charge in [0, 0.05) is 19.4 Å². The summed E-state index contributed by atoms with van der Waals surface area (Å²) in [5.74, 6) is -0.398. The van der Waals surface area contributed by atoms with Crippen LogP contribution in [0.25, 0.3) is 0 Å². The molecule has 0 saturated heterocycles. The number of hydrogen-bond acceptors (Lipinski definition) is 5. The summed E-state index contributed by atoms with van der Waals surface area (Å²) in [5.41, 5.74) is 0. The molecule has 0 radical (unpaired) electrons. The van der Waals surface area contributed by atoms with Crippen LogP contribution in [0, 0.1) is 0 Å². The van der Waals surface area contributed by atoms with E-state index in [1.807, 2.05) is 0 Å². The summed E-state index contributed by atoms with van der Waals surface area (Å²) in [4.78, 5) is 25.4. The average molecular weight is 871 g/mol. The molecule has 0 rings (SSSR count).